The Kier molecular flexibility index (Phi) is 1.89. The molecule has 3 nitrogen and oxygen atoms in total. The largest absolute Gasteiger partial charge is 0.508 e. The Morgan fingerprint density at radius 1 is 1.00 bits per heavy atom. The van der Waals surface area contributed by atoms with Crippen LogP contribution in [0.2, 0.25) is 0 Å². The van der Waals surface area contributed by atoms with Gasteiger partial charge in [-0.25, -0.2) is 0 Å². The Balaban J connectivity index is 2.89. The van der Waals surface area contributed by atoms with Crippen LogP contribution in [-0.2, 0) is 0 Å². The number of aromatic hydroxyl groups is 1. The minimum Gasteiger partial charge on any atom is -0.508 e. The van der Waals surface area contributed by atoms with Crippen LogP contribution in [0.3, 0.4) is 0 Å². The summed E-state index contributed by atoms with van der Waals surface area (Å²) in [7, 11) is 0. The number of phenolic OH excluding ortho intramolecular Hbond substituents is 1. The lowest BCUT2D eigenvalue weighted by Crippen LogP contribution is -1.92. The Morgan fingerprint density at radius 3 is 1.90 bits per heavy atom. The molecule has 0 saturated heterocycles. The van der Waals surface area contributed by atoms with Crippen LogP contribution in [0.1, 0.15) is 11.9 Å². The first-order chi connectivity index (χ1) is 4.70. The summed E-state index contributed by atoms with van der Waals surface area (Å²) in [5.41, 5.74) is 0.373. The number of aliphatic hydroxyl groups excluding tert-OH is 1. The molecule has 0 saturated carbocycles. The van der Waals surface area contributed by atoms with Crippen LogP contribution < -0.4 is 0 Å². The maximum absolute atomic E-state index is 8.78. The van der Waals surface area contributed by atoms with E-state index < -0.39 is 6.29 Å². The molecule has 0 heterocycles. The molecule has 1 aromatic rings. The van der Waals surface area contributed by atoms with Gasteiger partial charge in [0.25, 0.3) is 0 Å². The molecule has 0 spiro atoms. The van der Waals surface area contributed by atoms with Gasteiger partial charge in [0.05, 0.1) is 0 Å². The highest BCUT2D eigenvalue weighted by molar-refractivity contribution is 5.26. The zero-order valence-corrected chi connectivity index (χ0v) is 5.23. The van der Waals surface area contributed by atoms with Gasteiger partial charge in [-0.1, -0.05) is 12.1 Å². The van der Waals surface area contributed by atoms with Crippen molar-refractivity contribution >= 4 is 0 Å². The van der Waals surface area contributed by atoms with Gasteiger partial charge in [0.15, 0.2) is 6.29 Å². The van der Waals surface area contributed by atoms with Gasteiger partial charge in [-0.15, -0.1) is 0 Å². The average molecular weight is 140 g/mol. The maximum Gasteiger partial charge on any atom is 0.178 e. The molecule has 0 fully saturated rings. The summed E-state index contributed by atoms with van der Waals surface area (Å²) in [6, 6.07) is 5.68. The molecule has 0 bridgehead atoms. The van der Waals surface area contributed by atoms with Gasteiger partial charge in [0, 0.05) is 5.56 Å². The van der Waals surface area contributed by atoms with E-state index in [9.17, 15) is 0 Å². The van der Waals surface area contributed by atoms with Gasteiger partial charge in [-0.05, 0) is 12.1 Å². The van der Waals surface area contributed by atoms with Crippen LogP contribution in [0, 0.1) is 0 Å². The maximum atomic E-state index is 8.78. The zero-order chi connectivity index (χ0) is 7.56. The Labute approximate surface area is 58.2 Å². The predicted molar refractivity (Wildman–Crippen MR) is 35.3 cm³/mol. The summed E-state index contributed by atoms with van der Waals surface area (Å²) in [6.45, 7) is 0. The van der Waals surface area contributed by atoms with Crippen molar-refractivity contribution in [2.75, 3.05) is 0 Å². The number of hydrogen-bond donors (Lipinski definition) is 3. The summed E-state index contributed by atoms with van der Waals surface area (Å²) in [5.74, 6) is 0.115. The van der Waals surface area contributed by atoms with E-state index in [0.29, 0.717) is 5.56 Å². The van der Waals surface area contributed by atoms with Crippen LogP contribution in [0.5, 0.6) is 5.75 Å². The van der Waals surface area contributed by atoms with E-state index in [1.54, 1.807) is 0 Å². The lowest BCUT2D eigenvalue weighted by atomic mass is 10.2. The molecule has 3 N–H and O–H groups in total. The van der Waals surface area contributed by atoms with Crippen molar-refractivity contribution in [2.45, 2.75) is 6.29 Å². The summed E-state index contributed by atoms with van der Waals surface area (Å²) in [4.78, 5) is 0. The smallest absolute Gasteiger partial charge is 0.178 e. The van der Waals surface area contributed by atoms with E-state index >= 15 is 0 Å². The molecule has 0 aliphatic carbocycles. The van der Waals surface area contributed by atoms with Crippen LogP contribution >= 0.6 is 0 Å². The van der Waals surface area contributed by atoms with E-state index in [2.05, 4.69) is 0 Å². The third kappa shape index (κ3) is 1.46. The summed E-state index contributed by atoms with van der Waals surface area (Å²) >= 11 is 0. The highest BCUT2D eigenvalue weighted by Crippen LogP contribution is 2.13. The molecule has 1 aromatic carbocycles. The highest BCUT2D eigenvalue weighted by Gasteiger charge is 1.99. The van der Waals surface area contributed by atoms with E-state index in [1.807, 2.05) is 0 Å². The van der Waals surface area contributed by atoms with Crippen molar-refractivity contribution in [1.82, 2.24) is 0 Å². The molecule has 0 unspecified atom stereocenters. The molecule has 3 heteroatoms. The fourth-order valence-electron chi connectivity index (χ4n) is 0.646. The number of benzene rings is 1. The predicted octanol–water partition coefficient (Wildman–Crippen LogP) is 0.375. The molecule has 0 aliphatic heterocycles. The van der Waals surface area contributed by atoms with Crippen molar-refractivity contribution in [3.05, 3.63) is 29.8 Å². The lowest BCUT2D eigenvalue weighted by molar-refractivity contribution is -0.0424. The molecular formula is C7H8O3. The van der Waals surface area contributed by atoms with Crippen LogP contribution in [0.25, 0.3) is 0 Å². The summed E-state index contributed by atoms with van der Waals surface area (Å²) < 4.78 is 0. The van der Waals surface area contributed by atoms with Gasteiger partial charge in [0.1, 0.15) is 5.75 Å². The van der Waals surface area contributed by atoms with Crippen LogP contribution in [-0.4, -0.2) is 15.3 Å². The minimum absolute atomic E-state index is 0.115. The van der Waals surface area contributed by atoms with E-state index in [0.717, 1.165) is 0 Å². The third-order valence-electron chi connectivity index (χ3n) is 1.19. The van der Waals surface area contributed by atoms with Crippen molar-refractivity contribution in [3.63, 3.8) is 0 Å². The second kappa shape index (κ2) is 2.68. The second-order valence-corrected chi connectivity index (χ2v) is 1.97. The standard InChI is InChI=1S/C7H8O3/c8-6-3-1-5(2-4-6)7(9)10/h1-4,7-10H. The third-order valence-corrected chi connectivity index (χ3v) is 1.19. The fourth-order valence-corrected chi connectivity index (χ4v) is 0.646. The van der Waals surface area contributed by atoms with Gasteiger partial charge >= 0.3 is 0 Å². The van der Waals surface area contributed by atoms with Crippen molar-refractivity contribution in [1.29, 1.82) is 0 Å². The Morgan fingerprint density at radius 2 is 1.50 bits per heavy atom. The SMILES string of the molecule is Oc1ccc(C(O)O)cc1. The van der Waals surface area contributed by atoms with Gasteiger partial charge in [0.2, 0.25) is 0 Å². The molecule has 0 atom stereocenters. The van der Waals surface area contributed by atoms with E-state index in [1.165, 1.54) is 24.3 Å². The molecule has 0 aliphatic rings. The van der Waals surface area contributed by atoms with E-state index in [4.69, 9.17) is 15.3 Å². The fraction of sp³-hybridized carbons (Fsp3) is 0.143. The first kappa shape index (κ1) is 7.05. The summed E-state index contributed by atoms with van der Waals surface area (Å²) in [5, 5.41) is 26.0. The molecule has 54 valence electrons. The first-order valence-electron chi connectivity index (χ1n) is 2.85. The monoisotopic (exact) mass is 140 g/mol. The van der Waals surface area contributed by atoms with Crippen LogP contribution in [0.15, 0.2) is 24.3 Å². The quantitative estimate of drug-likeness (QED) is 0.494. The van der Waals surface area contributed by atoms with Gasteiger partial charge in [-0.3, -0.25) is 0 Å². The number of aliphatic hydroxyl groups is 2. The normalized spacial score (nSPS) is 10.3. The Hall–Kier alpha value is -1.06. The number of hydrogen-bond acceptors (Lipinski definition) is 3. The van der Waals surface area contributed by atoms with Crippen molar-refractivity contribution in [3.8, 4) is 5.75 Å². The second-order valence-electron chi connectivity index (χ2n) is 1.97. The number of phenols is 1. The molecule has 10 heavy (non-hydrogen) atoms. The van der Waals surface area contributed by atoms with Crippen molar-refractivity contribution in [2.24, 2.45) is 0 Å². The van der Waals surface area contributed by atoms with Crippen LogP contribution in [0.4, 0.5) is 0 Å². The molecular weight excluding hydrogens is 132 g/mol. The zero-order valence-electron chi connectivity index (χ0n) is 5.23. The van der Waals surface area contributed by atoms with Crippen molar-refractivity contribution < 1.29 is 15.3 Å². The minimum atomic E-state index is -1.46. The molecule has 0 aromatic heterocycles. The Bertz CT molecular complexity index is 203. The topological polar surface area (TPSA) is 60.7 Å². The van der Waals surface area contributed by atoms with Gasteiger partial charge in [-0.2, -0.15) is 0 Å². The number of rotatable bonds is 1. The summed E-state index contributed by atoms with van der Waals surface area (Å²) in [6.07, 6.45) is -1.46. The molecule has 0 radical (unpaired) electrons. The van der Waals surface area contributed by atoms with E-state index in [-0.39, 0.29) is 5.75 Å². The highest BCUT2D eigenvalue weighted by atomic mass is 16.5. The lowest BCUT2D eigenvalue weighted by Gasteiger charge is -2.01. The average Bonchev–Trinajstić information content (AvgIpc) is 1.88. The molecule has 0 amide bonds. The van der Waals surface area contributed by atoms with Gasteiger partial charge < -0.3 is 15.3 Å². The first-order valence-corrected chi connectivity index (χ1v) is 2.85. The molecule has 1 rings (SSSR count).